The summed E-state index contributed by atoms with van der Waals surface area (Å²) in [6.07, 6.45) is 4.41. The predicted octanol–water partition coefficient (Wildman–Crippen LogP) is 3.17. The lowest BCUT2D eigenvalue weighted by molar-refractivity contribution is -0.121. The lowest BCUT2D eigenvalue weighted by atomic mass is 9.93. The van der Waals surface area contributed by atoms with E-state index in [4.69, 9.17) is 0 Å². The quantitative estimate of drug-likeness (QED) is 0.825. The molecule has 5 heteroatoms. The minimum Gasteiger partial charge on any atom is -0.300 e. The van der Waals surface area contributed by atoms with Crippen molar-refractivity contribution in [3.05, 3.63) is 15.9 Å². The van der Waals surface area contributed by atoms with Crippen molar-refractivity contribution in [2.24, 2.45) is 0 Å². The van der Waals surface area contributed by atoms with Gasteiger partial charge in [0.15, 0.2) is 0 Å². The van der Waals surface area contributed by atoms with Gasteiger partial charge < -0.3 is 0 Å². The maximum atomic E-state index is 11.3. The highest BCUT2D eigenvalue weighted by molar-refractivity contribution is 9.10. The normalized spacial score (nSPS) is 17.1. The van der Waals surface area contributed by atoms with Gasteiger partial charge in [0.05, 0.1) is 15.9 Å². The summed E-state index contributed by atoms with van der Waals surface area (Å²) in [4.78, 5) is 13.7. The Labute approximate surface area is 129 Å². The molecule has 1 aliphatic rings. The van der Waals surface area contributed by atoms with Gasteiger partial charge in [-0.1, -0.05) is 6.92 Å². The lowest BCUT2D eigenvalue weighted by Crippen LogP contribution is -2.35. The molecule has 20 heavy (non-hydrogen) atoms. The van der Waals surface area contributed by atoms with Crippen molar-refractivity contribution in [3.63, 3.8) is 0 Å². The molecule has 1 fully saturated rings. The van der Waals surface area contributed by atoms with Crippen LogP contribution >= 0.6 is 15.9 Å². The van der Waals surface area contributed by atoms with E-state index in [1.807, 2.05) is 0 Å². The van der Waals surface area contributed by atoms with Gasteiger partial charge >= 0.3 is 0 Å². The lowest BCUT2D eigenvalue weighted by Gasteiger charge is -2.30. The average Bonchev–Trinajstić information content (AvgIpc) is 2.76. The molecule has 1 heterocycles. The second-order valence-electron chi connectivity index (χ2n) is 5.56. The number of aromatic nitrogens is 2. The number of hydrogen-bond acceptors (Lipinski definition) is 3. The van der Waals surface area contributed by atoms with Crippen molar-refractivity contribution in [2.75, 3.05) is 7.05 Å². The first-order valence-electron chi connectivity index (χ1n) is 7.52. The number of aryl methyl sites for hydroxylation is 2. The summed E-state index contributed by atoms with van der Waals surface area (Å²) in [5.74, 6) is 0.419. The maximum absolute atomic E-state index is 11.3. The second-order valence-corrected chi connectivity index (χ2v) is 6.35. The van der Waals surface area contributed by atoms with Gasteiger partial charge in [0, 0.05) is 32.0 Å². The number of Topliss-reactive ketones (excluding diaryl/α,β-unsaturated/α-hetero) is 1. The van der Waals surface area contributed by atoms with Crippen LogP contribution in [0.3, 0.4) is 0 Å². The highest BCUT2D eigenvalue weighted by atomic mass is 79.9. The van der Waals surface area contributed by atoms with Crippen LogP contribution in [0.2, 0.25) is 0 Å². The van der Waals surface area contributed by atoms with Crippen LogP contribution in [0.15, 0.2) is 4.47 Å². The van der Waals surface area contributed by atoms with E-state index < -0.39 is 0 Å². The Morgan fingerprint density at radius 3 is 2.55 bits per heavy atom. The van der Waals surface area contributed by atoms with Gasteiger partial charge in [-0.05, 0) is 49.2 Å². The van der Waals surface area contributed by atoms with Crippen LogP contribution in [0.5, 0.6) is 0 Å². The molecular formula is C15H24BrN3O. The summed E-state index contributed by atoms with van der Waals surface area (Å²) in [5, 5.41) is 4.65. The van der Waals surface area contributed by atoms with E-state index in [-0.39, 0.29) is 0 Å². The first-order chi connectivity index (χ1) is 9.56. The zero-order valence-corrected chi connectivity index (χ0v) is 14.2. The molecule has 4 nitrogen and oxygen atoms in total. The number of halogens is 1. The Balaban J connectivity index is 2.09. The average molecular weight is 342 g/mol. The third-order valence-corrected chi connectivity index (χ3v) is 5.14. The molecule has 1 aliphatic carbocycles. The molecule has 0 saturated heterocycles. The van der Waals surface area contributed by atoms with E-state index in [1.54, 1.807) is 0 Å². The molecule has 1 aromatic heterocycles. The molecule has 0 N–H and O–H groups in total. The molecule has 0 bridgehead atoms. The summed E-state index contributed by atoms with van der Waals surface area (Å²) in [6, 6.07) is 0.518. The van der Waals surface area contributed by atoms with Crippen molar-refractivity contribution in [3.8, 4) is 0 Å². The largest absolute Gasteiger partial charge is 0.300 e. The van der Waals surface area contributed by atoms with Gasteiger partial charge in [-0.3, -0.25) is 14.4 Å². The maximum Gasteiger partial charge on any atom is 0.133 e. The molecule has 0 spiro atoms. The van der Waals surface area contributed by atoms with Crippen molar-refractivity contribution >= 4 is 21.7 Å². The summed E-state index contributed by atoms with van der Waals surface area (Å²) in [7, 11) is 2.16. The van der Waals surface area contributed by atoms with Crippen LogP contribution < -0.4 is 0 Å². The number of rotatable bonds is 5. The van der Waals surface area contributed by atoms with Crippen molar-refractivity contribution < 1.29 is 4.79 Å². The summed E-state index contributed by atoms with van der Waals surface area (Å²) in [5.41, 5.74) is 2.39. The van der Waals surface area contributed by atoms with E-state index >= 15 is 0 Å². The van der Waals surface area contributed by atoms with E-state index in [2.05, 4.69) is 51.5 Å². The number of hydrogen-bond donors (Lipinski definition) is 0. The number of carbonyl (C=O) groups is 1. The Morgan fingerprint density at radius 1 is 1.35 bits per heavy atom. The van der Waals surface area contributed by atoms with E-state index in [0.29, 0.717) is 11.8 Å². The van der Waals surface area contributed by atoms with Crippen LogP contribution in [0.1, 0.15) is 50.9 Å². The highest BCUT2D eigenvalue weighted by Crippen LogP contribution is 2.26. The fourth-order valence-electron chi connectivity index (χ4n) is 2.90. The van der Waals surface area contributed by atoms with Crippen molar-refractivity contribution in [2.45, 2.75) is 65.1 Å². The fourth-order valence-corrected chi connectivity index (χ4v) is 3.59. The monoisotopic (exact) mass is 341 g/mol. The van der Waals surface area contributed by atoms with Crippen LogP contribution in [-0.2, 0) is 24.3 Å². The summed E-state index contributed by atoms with van der Waals surface area (Å²) >= 11 is 3.70. The molecule has 0 atom stereocenters. The van der Waals surface area contributed by atoms with Gasteiger partial charge in [0.2, 0.25) is 0 Å². The Morgan fingerprint density at radius 2 is 2.00 bits per heavy atom. The zero-order chi connectivity index (χ0) is 14.7. The van der Waals surface area contributed by atoms with E-state index in [0.717, 1.165) is 55.4 Å². The number of nitrogens with zero attached hydrogens (tertiary/aromatic N) is 3. The number of ketones is 1. The van der Waals surface area contributed by atoms with Crippen molar-refractivity contribution in [1.82, 2.24) is 14.7 Å². The molecular weight excluding hydrogens is 318 g/mol. The first kappa shape index (κ1) is 15.7. The molecule has 1 saturated carbocycles. The standard InChI is InChI=1S/C15H24BrN3O/c1-4-13-15(16)14(19(5-2)17-13)10-18(3)11-6-8-12(20)9-7-11/h11H,4-10H2,1-3H3. The topological polar surface area (TPSA) is 38.1 Å². The van der Waals surface area contributed by atoms with Crippen LogP contribution in [-0.4, -0.2) is 33.6 Å². The van der Waals surface area contributed by atoms with Gasteiger partial charge in [0.1, 0.15) is 5.78 Å². The summed E-state index contributed by atoms with van der Waals surface area (Å²) in [6.45, 7) is 6.04. The minimum atomic E-state index is 0.419. The van der Waals surface area contributed by atoms with Gasteiger partial charge in [-0.25, -0.2) is 0 Å². The second kappa shape index (κ2) is 6.85. The zero-order valence-electron chi connectivity index (χ0n) is 12.7. The Kier molecular flexibility index (Phi) is 5.38. The van der Waals surface area contributed by atoms with Gasteiger partial charge in [0.25, 0.3) is 0 Å². The highest BCUT2D eigenvalue weighted by Gasteiger charge is 2.24. The third kappa shape index (κ3) is 3.31. The van der Waals surface area contributed by atoms with E-state index in [9.17, 15) is 4.79 Å². The molecule has 112 valence electrons. The molecule has 1 aromatic rings. The molecule has 0 unspecified atom stereocenters. The van der Waals surface area contributed by atoms with Crippen LogP contribution in [0, 0.1) is 0 Å². The van der Waals surface area contributed by atoms with E-state index in [1.165, 1.54) is 5.69 Å². The molecule has 0 amide bonds. The number of carbonyl (C=O) groups excluding carboxylic acids is 1. The third-order valence-electron chi connectivity index (χ3n) is 4.23. The smallest absolute Gasteiger partial charge is 0.133 e. The molecule has 0 aromatic carbocycles. The minimum absolute atomic E-state index is 0.419. The van der Waals surface area contributed by atoms with Gasteiger partial charge in [-0.15, -0.1) is 0 Å². The molecule has 2 rings (SSSR count). The SMILES string of the molecule is CCc1nn(CC)c(CN(C)C2CCC(=O)CC2)c1Br. The molecule has 0 aliphatic heterocycles. The van der Waals surface area contributed by atoms with Gasteiger partial charge in [-0.2, -0.15) is 5.10 Å². The van der Waals surface area contributed by atoms with Crippen LogP contribution in [0.4, 0.5) is 0 Å². The Hall–Kier alpha value is -0.680. The predicted molar refractivity (Wildman–Crippen MR) is 83.7 cm³/mol. The fraction of sp³-hybridized carbons (Fsp3) is 0.733. The first-order valence-corrected chi connectivity index (χ1v) is 8.32. The van der Waals surface area contributed by atoms with Crippen LogP contribution in [0.25, 0.3) is 0 Å². The van der Waals surface area contributed by atoms with Crippen molar-refractivity contribution in [1.29, 1.82) is 0 Å². The Bertz CT molecular complexity index is 474. The summed E-state index contributed by atoms with van der Waals surface area (Å²) < 4.78 is 3.24. The molecule has 0 radical (unpaired) electrons.